The molecule has 1 nitrogen and oxygen atoms in total. The number of unbranched alkanes of at least 4 members (excludes halogenated alkanes) is 1. The second-order valence-electron chi connectivity index (χ2n) is 7.98. The molecule has 0 fully saturated rings. The summed E-state index contributed by atoms with van der Waals surface area (Å²) >= 11 is 0. The van der Waals surface area contributed by atoms with Gasteiger partial charge in [0.25, 0.3) is 0 Å². The Morgan fingerprint density at radius 2 is 1.00 bits per heavy atom. The molecule has 0 amide bonds. The van der Waals surface area contributed by atoms with Gasteiger partial charge in [0.1, 0.15) is 16.5 Å². The van der Waals surface area contributed by atoms with Crippen LogP contribution in [0.5, 0.6) is 0 Å². The molecule has 32 heavy (non-hydrogen) atoms. The van der Waals surface area contributed by atoms with E-state index in [9.17, 15) is 0 Å². The van der Waals surface area contributed by atoms with Crippen LogP contribution in [0.15, 0.2) is 121 Å². The SMILES string of the molecule is CCCCN[P+](CP(c1ccccc1)c1ccccc1)(c1ccccc1)c1ccccc1. The standard InChI is InChI=1S/C29H32NP2/c1-2-3-24-30-32(28-20-12-6-13-21-28,29-22-14-7-15-23-29)25-31(26-16-8-4-9-17-26)27-18-10-5-11-19-27/h4-23,30H,2-3,24-25H2,1H3/q+1. The molecule has 0 aliphatic carbocycles. The average Bonchev–Trinajstić information content (AvgIpc) is 2.88. The Balaban J connectivity index is 1.87. The highest BCUT2D eigenvalue weighted by Crippen LogP contribution is 2.60. The lowest BCUT2D eigenvalue weighted by Gasteiger charge is -2.32. The van der Waals surface area contributed by atoms with Crippen LogP contribution in [-0.4, -0.2) is 12.4 Å². The number of rotatable bonds is 10. The Hall–Kier alpha value is -2.30. The number of nitrogens with one attached hydrogen (secondary N) is 1. The zero-order valence-electron chi connectivity index (χ0n) is 18.8. The molecule has 1 N–H and O–H groups in total. The Bertz CT molecular complexity index is 974. The molecule has 0 unspecified atom stereocenters. The molecular weight excluding hydrogens is 424 g/mol. The van der Waals surface area contributed by atoms with Gasteiger partial charge in [-0.2, -0.15) is 5.09 Å². The first-order valence-electron chi connectivity index (χ1n) is 11.5. The topological polar surface area (TPSA) is 12.0 Å². The fraction of sp³-hybridized carbons (Fsp3) is 0.172. The molecule has 0 saturated heterocycles. The van der Waals surface area contributed by atoms with Crippen molar-refractivity contribution in [2.45, 2.75) is 19.8 Å². The third-order valence-corrected chi connectivity index (χ3v) is 13.6. The predicted molar refractivity (Wildman–Crippen MR) is 146 cm³/mol. The lowest BCUT2D eigenvalue weighted by Crippen LogP contribution is -2.37. The molecular formula is C29H32NP2+. The molecule has 0 aliphatic rings. The van der Waals surface area contributed by atoms with Crippen LogP contribution in [0.25, 0.3) is 0 Å². The maximum atomic E-state index is 4.16. The van der Waals surface area contributed by atoms with Gasteiger partial charge in [0.15, 0.2) is 7.41 Å². The summed E-state index contributed by atoms with van der Waals surface area (Å²) in [6.07, 6.45) is 2.39. The van der Waals surface area contributed by atoms with E-state index in [1.807, 2.05) is 0 Å². The van der Waals surface area contributed by atoms with E-state index in [2.05, 4.69) is 133 Å². The maximum absolute atomic E-state index is 4.16. The van der Waals surface area contributed by atoms with Gasteiger partial charge in [-0.05, 0) is 49.2 Å². The molecule has 4 aromatic rings. The fourth-order valence-corrected chi connectivity index (χ4v) is 12.7. The van der Waals surface area contributed by atoms with E-state index in [1.165, 1.54) is 34.1 Å². The summed E-state index contributed by atoms with van der Waals surface area (Å²) in [5, 5.41) is 9.95. The second-order valence-corrected chi connectivity index (χ2v) is 14.0. The minimum atomic E-state index is -1.84. The molecule has 0 saturated carbocycles. The van der Waals surface area contributed by atoms with Crippen LogP contribution in [0, 0.1) is 0 Å². The molecule has 0 bridgehead atoms. The van der Waals surface area contributed by atoms with E-state index in [4.69, 9.17) is 0 Å². The molecule has 0 heterocycles. The first-order chi connectivity index (χ1) is 15.8. The highest BCUT2D eigenvalue weighted by Gasteiger charge is 2.45. The molecule has 4 rings (SSSR count). The van der Waals surface area contributed by atoms with Crippen molar-refractivity contribution in [1.29, 1.82) is 0 Å². The van der Waals surface area contributed by atoms with Gasteiger partial charge in [-0.3, -0.25) is 0 Å². The molecule has 0 aromatic heterocycles. The smallest absolute Gasteiger partial charge is 0.150 e. The Morgan fingerprint density at radius 3 is 1.41 bits per heavy atom. The van der Waals surface area contributed by atoms with Crippen LogP contribution in [-0.2, 0) is 0 Å². The fourth-order valence-electron chi connectivity index (χ4n) is 4.10. The van der Waals surface area contributed by atoms with E-state index in [0.29, 0.717) is 0 Å². The van der Waals surface area contributed by atoms with Crippen molar-refractivity contribution in [2.24, 2.45) is 0 Å². The largest absolute Gasteiger partial charge is 0.183 e. The van der Waals surface area contributed by atoms with E-state index >= 15 is 0 Å². The first kappa shape index (κ1) is 22.9. The van der Waals surface area contributed by atoms with Crippen molar-refractivity contribution in [2.75, 3.05) is 12.4 Å². The molecule has 0 radical (unpaired) electrons. The summed E-state index contributed by atoms with van der Waals surface area (Å²) in [4.78, 5) is 0. The highest BCUT2D eigenvalue weighted by atomic mass is 31.2. The van der Waals surface area contributed by atoms with Crippen LogP contribution < -0.4 is 26.3 Å². The first-order valence-corrected chi connectivity index (χ1v) is 15.0. The van der Waals surface area contributed by atoms with E-state index in [-0.39, 0.29) is 0 Å². The normalized spacial score (nSPS) is 11.6. The Morgan fingerprint density at radius 1 is 0.594 bits per heavy atom. The van der Waals surface area contributed by atoms with Gasteiger partial charge in [0.05, 0.1) is 0 Å². The lowest BCUT2D eigenvalue weighted by atomic mass is 10.3. The molecule has 4 aromatic carbocycles. The van der Waals surface area contributed by atoms with Gasteiger partial charge in [-0.15, -0.1) is 0 Å². The number of hydrogen-bond donors (Lipinski definition) is 1. The third-order valence-electron chi connectivity index (χ3n) is 5.80. The molecule has 0 spiro atoms. The van der Waals surface area contributed by atoms with Crippen LogP contribution in [0.4, 0.5) is 0 Å². The van der Waals surface area contributed by atoms with Crippen molar-refractivity contribution >= 4 is 36.6 Å². The minimum absolute atomic E-state index is 0.520. The summed E-state index contributed by atoms with van der Waals surface area (Å²) < 4.78 is 0. The summed E-state index contributed by atoms with van der Waals surface area (Å²) in [6, 6.07) is 44.6. The molecule has 0 aliphatic heterocycles. The van der Waals surface area contributed by atoms with E-state index in [0.717, 1.165) is 12.4 Å². The summed E-state index contributed by atoms with van der Waals surface area (Å²) in [5.41, 5.74) is 0. The second kappa shape index (κ2) is 11.5. The van der Waals surface area contributed by atoms with Crippen molar-refractivity contribution in [3.63, 3.8) is 0 Å². The van der Waals surface area contributed by atoms with Crippen LogP contribution in [0.3, 0.4) is 0 Å². The predicted octanol–water partition coefficient (Wildman–Crippen LogP) is 6.05. The van der Waals surface area contributed by atoms with Gasteiger partial charge in [-0.25, -0.2) is 0 Å². The van der Waals surface area contributed by atoms with Crippen LogP contribution in [0.1, 0.15) is 19.8 Å². The quantitative estimate of drug-likeness (QED) is 0.226. The van der Waals surface area contributed by atoms with Crippen molar-refractivity contribution < 1.29 is 0 Å². The van der Waals surface area contributed by atoms with Gasteiger partial charge < -0.3 is 0 Å². The van der Waals surface area contributed by atoms with E-state index < -0.39 is 15.3 Å². The average molecular weight is 457 g/mol. The Kier molecular flexibility index (Phi) is 8.24. The lowest BCUT2D eigenvalue weighted by molar-refractivity contribution is 0.770. The summed E-state index contributed by atoms with van der Waals surface area (Å²) in [5.74, 6) is 1.12. The zero-order chi connectivity index (χ0) is 22.1. The third kappa shape index (κ3) is 5.36. The van der Waals surface area contributed by atoms with Gasteiger partial charge in [-0.1, -0.05) is 110 Å². The van der Waals surface area contributed by atoms with Crippen LogP contribution in [0.2, 0.25) is 0 Å². The Labute approximate surface area is 195 Å². The summed E-state index contributed by atoms with van der Waals surface area (Å²) in [7, 11) is -2.36. The number of benzene rings is 4. The van der Waals surface area contributed by atoms with Crippen molar-refractivity contribution in [1.82, 2.24) is 5.09 Å². The molecule has 162 valence electrons. The zero-order valence-corrected chi connectivity index (χ0v) is 20.6. The van der Waals surface area contributed by atoms with E-state index in [1.54, 1.807) is 0 Å². The maximum Gasteiger partial charge on any atom is 0.150 e. The van der Waals surface area contributed by atoms with Gasteiger partial charge in [0, 0.05) is 6.54 Å². The highest BCUT2D eigenvalue weighted by molar-refractivity contribution is 7.97. The van der Waals surface area contributed by atoms with Crippen LogP contribution >= 0.6 is 15.3 Å². The minimum Gasteiger partial charge on any atom is -0.183 e. The molecule has 3 heteroatoms. The van der Waals surface area contributed by atoms with Gasteiger partial charge >= 0.3 is 0 Å². The monoisotopic (exact) mass is 456 g/mol. The van der Waals surface area contributed by atoms with Crippen molar-refractivity contribution in [3.8, 4) is 0 Å². The van der Waals surface area contributed by atoms with Crippen molar-refractivity contribution in [3.05, 3.63) is 121 Å². The van der Waals surface area contributed by atoms with Gasteiger partial charge in [0.2, 0.25) is 0 Å². The summed E-state index contributed by atoms with van der Waals surface area (Å²) in [6.45, 7) is 3.31. The number of hydrogen-bond acceptors (Lipinski definition) is 1. The molecule has 0 atom stereocenters.